The molecule has 4 heteroatoms. The van der Waals surface area contributed by atoms with Gasteiger partial charge in [-0.25, -0.2) is 0 Å². The van der Waals surface area contributed by atoms with Crippen molar-refractivity contribution in [3.8, 4) is 0 Å². The topological polar surface area (TPSA) is 46.3 Å². The first kappa shape index (κ1) is 14.5. The number of nitrogens with two attached hydrogens (primary N) is 1. The Morgan fingerprint density at radius 3 is 2.68 bits per heavy atom. The van der Waals surface area contributed by atoms with Crippen molar-refractivity contribution in [3.05, 3.63) is 22.4 Å². The van der Waals surface area contributed by atoms with Crippen molar-refractivity contribution in [3.63, 3.8) is 0 Å². The van der Waals surface area contributed by atoms with E-state index in [1.54, 1.807) is 11.3 Å². The average molecular weight is 280 g/mol. The Labute approximate surface area is 119 Å². The fourth-order valence-corrected chi connectivity index (χ4v) is 3.56. The van der Waals surface area contributed by atoms with Gasteiger partial charge in [0.2, 0.25) is 5.91 Å². The van der Waals surface area contributed by atoms with Crippen LogP contribution in [0.15, 0.2) is 17.5 Å². The van der Waals surface area contributed by atoms with Gasteiger partial charge in [0.1, 0.15) is 0 Å². The minimum absolute atomic E-state index is 0.225. The molecule has 0 aliphatic heterocycles. The molecule has 1 saturated carbocycles. The predicted octanol–water partition coefficient (Wildman–Crippen LogP) is 2.86. The second-order valence-electron chi connectivity index (χ2n) is 5.39. The first-order valence-corrected chi connectivity index (χ1v) is 8.13. The number of hydrogen-bond donors (Lipinski definition) is 1. The standard InChI is InChI=1S/C15H24N2OS/c1-2-17(11-14-4-3-9-19-14)15(18)13-7-5-12(10-16)6-8-13/h3-4,9,12-13H,2,5-8,10-11,16H2,1H3. The van der Waals surface area contributed by atoms with E-state index in [4.69, 9.17) is 5.73 Å². The van der Waals surface area contributed by atoms with E-state index in [0.29, 0.717) is 11.8 Å². The highest BCUT2D eigenvalue weighted by molar-refractivity contribution is 7.09. The molecule has 2 rings (SSSR count). The Hall–Kier alpha value is -0.870. The Bertz CT molecular complexity index is 383. The van der Waals surface area contributed by atoms with E-state index in [-0.39, 0.29) is 5.92 Å². The van der Waals surface area contributed by atoms with Crippen LogP contribution >= 0.6 is 11.3 Å². The van der Waals surface area contributed by atoms with Crippen LogP contribution in [0.1, 0.15) is 37.5 Å². The van der Waals surface area contributed by atoms with Gasteiger partial charge in [0.05, 0.1) is 6.54 Å². The van der Waals surface area contributed by atoms with E-state index in [9.17, 15) is 4.79 Å². The molecule has 1 aromatic rings. The fraction of sp³-hybridized carbons (Fsp3) is 0.667. The van der Waals surface area contributed by atoms with Gasteiger partial charge in [-0.3, -0.25) is 4.79 Å². The largest absolute Gasteiger partial charge is 0.338 e. The number of nitrogens with zero attached hydrogens (tertiary/aromatic N) is 1. The lowest BCUT2D eigenvalue weighted by Gasteiger charge is -2.31. The number of carbonyl (C=O) groups excluding carboxylic acids is 1. The maximum atomic E-state index is 12.5. The highest BCUT2D eigenvalue weighted by Gasteiger charge is 2.28. The van der Waals surface area contributed by atoms with Crippen LogP contribution in [-0.4, -0.2) is 23.9 Å². The van der Waals surface area contributed by atoms with Gasteiger partial charge in [0, 0.05) is 17.3 Å². The summed E-state index contributed by atoms with van der Waals surface area (Å²) in [5.41, 5.74) is 5.71. The lowest BCUT2D eigenvalue weighted by molar-refractivity contribution is -0.137. The molecule has 0 saturated heterocycles. The number of amides is 1. The second kappa shape index (κ2) is 7.06. The van der Waals surface area contributed by atoms with Gasteiger partial charge in [0.15, 0.2) is 0 Å². The molecule has 2 N–H and O–H groups in total. The van der Waals surface area contributed by atoms with Crippen LogP contribution in [0.25, 0.3) is 0 Å². The van der Waals surface area contributed by atoms with E-state index in [0.717, 1.165) is 45.3 Å². The third-order valence-corrected chi connectivity index (χ3v) is 5.01. The van der Waals surface area contributed by atoms with Gasteiger partial charge in [0.25, 0.3) is 0 Å². The maximum absolute atomic E-state index is 12.5. The molecule has 0 bridgehead atoms. The molecule has 106 valence electrons. The molecule has 3 nitrogen and oxygen atoms in total. The Morgan fingerprint density at radius 2 is 2.16 bits per heavy atom. The van der Waals surface area contributed by atoms with E-state index >= 15 is 0 Å². The molecule has 1 aliphatic carbocycles. The van der Waals surface area contributed by atoms with Crippen molar-refractivity contribution >= 4 is 17.2 Å². The van der Waals surface area contributed by atoms with Crippen LogP contribution in [0, 0.1) is 11.8 Å². The number of thiophene rings is 1. The molecule has 19 heavy (non-hydrogen) atoms. The predicted molar refractivity (Wildman–Crippen MR) is 79.9 cm³/mol. The Morgan fingerprint density at radius 1 is 1.42 bits per heavy atom. The molecule has 1 aromatic heterocycles. The van der Waals surface area contributed by atoms with Crippen LogP contribution in [0.3, 0.4) is 0 Å². The smallest absolute Gasteiger partial charge is 0.225 e. The first-order valence-electron chi connectivity index (χ1n) is 7.25. The van der Waals surface area contributed by atoms with E-state index in [1.165, 1.54) is 4.88 Å². The summed E-state index contributed by atoms with van der Waals surface area (Å²) in [5, 5.41) is 2.07. The zero-order valence-electron chi connectivity index (χ0n) is 11.7. The molecule has 0 atom stereocenters. The lowest BCUT2D eigenvalue weighted by Crippen LogP contribution is -2.37. The quantitative estimate of drug-likeness (QED) is 0.901. The highest BCUT2D eigenvalue weighted by atomic mass is 32.1. The molecular weight excluding hydrogens is 256 g/mol. The van der Waals surface area contributed by atoms with Gasteiger partial charge in [-0.2, -0.15) is 0 Å². The van der Waals surface area contributed by atoms with Crippen LogP contribution < -0.4 is 5.73 Å². The zero-order chi connectivity index (χ0) is 13.7. The van der Waals surface area contributed by atoms with Crippen molar-refractivity contribution in [1.29, 1.82) is 0 Å². The van der Waals surface area contributed by atoms with Gasteiger partial charge >= 0.3 is 0 Å². The van der Waals surface area contributed by atoms with Gasteiger partial charge < -0.3 is 10.6 Å². The van der Waals surface area contributed by atoms with E-state index < -0.39 is 0 Å². The second-order valence-corrected chi connectivity index (χ2v) is 6.42. The van der Waals surface area contributed by atoms with Gasteiger partial charge in [-0.15, -0.1) is 11.3 Å². The summed E-state index contributed by atoms with van der Waals surface area (Å²) < 4.78 is 0. The van der Waals surface area contributed by atoms with Gasteiger partial charge in [-0.05, 0) is 56.5 Å². The average Bonchev–Trinajstić information content (AvgIpc) is 2.97. The van der Waals surface area contributed by atoms with Gasteiger partial charge in [-0.1, -0.05) is 6.07 Å². The minimum Gasteiger partial charge on any atom is -0.338 e. The molecule has 1 heterocycles. The molecular formula is C15H24N2OS. The summed E-state index contributed by atoms with van der Waals surface area (Å²) in [6.07, 6.45) is 4.26. The minimum atomic E-state index is 0.225. The summed E-state index contributed by atoms with van der Waals surface area (Å²) in [6, 6.07) is 4.15. The third kappa shape index (κ3) is 3.80. The SMILES string of the molecule is CCN(Cc1cccs1)C(=O)C1CCC(CN)CC1. The molecule has 1 aliphatic rings. The summed E-state index contributed by atoms with van der Waals surface area (Å²) in [7, 11) is 0. The van der Waals surface area contributed by atoms with Crippen LogP contribution in [0.5, 0.6) is 0 Å². The molecule has 0 spiro atoms. The normalized spacial score (nSPS) is 23.3. The van der Waals surface area contributed by atoms with Crippen molar-refractivity contribution in [1.82, 2.24) is 4.90 Å². The molecule has 0 unspecified atom stereocenters. The monoisotopic (exact) mass is 280 g/mol. The molecule has 1 amide bonds. The zero-order valence-corrected chi connectivity index (χ0v) is 12.5. The van der Waals surface area contributed by atoms with E-state index in [1.807, 2.05) is 11.0 Å². The Kier molecular flexibility index (Phi) is 5.40. The van der Waals surface area contributed by atoms with Crippen molar-refractivity contribution in [2.24, 2.45) is 17.6 Å². The molecule has 0 radical (unpaired) electrons. The Balaban J connectivity index is 1.90. The maximum Gasteiger partial charge on any atom is 0.225 e. The summed E-state index contributed by atoms with van der Waals surface area (Å²) in [5.74, 6) is 1.20. The van der Waals surface area contributed by atoms with Crippen LogP contribution in [0.2, 0.25) is 0 Å². The van der Waals surface area contributed by atoms with Crippen molar-refractivity contribution in [2.45, 2.75) is 39.2 Å². The summed E-state index contributed by atoms with van der Waals surface area (Å²) >= 11 is 1.72. The fourth-order valence-electron chi connectivity index (χ4n) is 2.84. The van der Waals surface area contributed by atoms with Crippen molar-refractivity contribution < 1.29 is 4.79 Å². The van der Waals surface area contributed by atoms with E-state index in [2.05, 4.69) is 18.4 Å². The lowest BCUT2D eigenvalue weighted by atomic mass is 9.81. The number of rotatable bonds is 5. The molecule has 1 fully saturated rings. The van der Waals surface area contributed by atoms with Crippen LogP contribution in [-0.2, 0) is 11.3 Å². The summed E-state index contributed by atoms with van der Waals surface area (Å²) in [6.45, 7) is 4.40. The van der Waals surface area contributed by atoms with Crippen LogP contribution in [0.4, 0.5) is 0 Å². The first-order chi connectivity index (χ1) is 9.24. The summed E-state index contributed by atoms with van der Waals surface area (Å²) in [4.78, 5) is 15.8. The number of hydrogen-bond acceptors (Lipinski definition) is 3. The van der Waals surface area contributed by atoms with Crippen molar-refractivity contribution in [2.75, 3.05) is 13.1 Å². The number of carbonyl (C=O) groups is 1. The molecule has 0 aromatic carbocycles. The third-order valence-electron chi connectivity index (χ3n) is 4.15. The highest BCUT2D eigenvalue weighted by Crippen LogP contribution is 2.30.